The predicted octanol–water partition coefficient (Wildman–Crippen LogP) is 12.2. The smallest absolute Gasteiger partial charge is 0.314 e. The molecule has 0 spiro atoms. The molecule has 0 aliphatic rings. The van der Waals surface area contributed by atoms with Gasteiger partial charge in [-0.1, -0.05) is 174 Å². The van der Waals surface area contributed by atoms with E-state index in [2.05, 4.69) is 13.8 Å². The molecule has 236 valence electrons. The summed E-state index contributed by atoms with van der Waals surface area (Å²) < 4.78 is 5.49. The van der Waals surface area contributed by atoms with E-state index in [9.17, 15) is 14.9 Å². The van der Waals surface area contributed by atoms with Gasteiger partial charge in [0.15, 0.2) is 0 Å². The van der Waals surface area contributed by atoms with Crippen LogP contribution in [0, 0.1) is 10.1 Å². The fraction of sp³-hybridized carbons (Fsp3) is 0.806. The van der Waals surface area contributed by atoms with Crippen LogP contribution in [0.25, 0.3) is 0 Å². The Bertz CT molecular complexity index is 779. The number of hydrogen-bond acceptors (Lipinski definition) is 4. The lowest BCUT2D eigenvalue weighted by Crippen LogP contribution is -2.10. The molecule has 1 rings (SSSR count). The van der Waals surface area contributed by atoms with Gasteiger partial charge < -0.3 is 4.74 Å². The molecule has 0 fully saturated rings. The molecule has 0 unspecified atom stereocenters. The summed E-state index contributed by atoms with van der Waals surface area (Å²) >= 11 is 0. The van der Waals surface area contributed by atoms with Gasteiger partial charge in [0.2, 0.25) is 5.75 Å². The van der Waals surface area contributed by atoms with Gasteiger partial charge in [0, 0.05) is 12.0 Å². The van der Waals surface area contributed by atoms with Crippen molar-refractivity contribution in [3.8, 4) is 5.75 Å². The molecule has 0 amide bonds. The van der Waals surface area contributed by atoms with E-state index in [0.29, 0.717) is 18.4 Å². The number of nitro groups is 1. The first-order valence-electron chi connectivity index (χ1n) is 17.6. The molecule has 0 heterocycles. The molecule has 0 aliphatic heterocycles. The fourth-order valence-electron chi connectivity index (χ4n) is 5.68. The van der Waals surface area contributed by atoms with Gasteiger partial charge in [0.25, 0.3) is 0 Å². The Morgan fingerprint density at radius 3 is 1.41 bits per heavy atom. The molecule has 0 saturated carbocycles. The number of para-hydroxylation sites is 1. The largest absolute Gasteiger partial charge is 0.419 e. The summed E-state index contributed by atoms with van der Waals surface area (Å²) in [6.45, 7) is 4.51. The molecule has 0 bridgehead atoms. The van der Waals surface area contributed by atoms with E-state index < -0.39 is 0 Å². The van der Waals surface area contributed by atoms with Gasteiger partial charge in [-0.2, -0.15) is 0 Å². The molecule has 0 aromatic heterocycles. The molecule has 41 heavy (non-hydrogen) atoms. The maximum Gasteiger partial charge on any atom is 0.314 e. The number of nitrogens with zero attached hydrogens (tertiary/aromatic N) is 1. The van der Waals surface area contributed by atoms with Crippen molar-refractivity contribution in [3.05, 3.63) is 33.9 Å². The maximum atomic E-state index is 12.4. The molecule has 1 aromatic carbocycles. The summed E-state index contributed by atoms with van der Waals surface area (Å²) in [6, 6.07) is 5.14. The fourth-order valence-corrected chi connectivity index (χ4v) is 5.68. The van der Waals surface area contributed by atoms with Crippen molar-refractivity contribution in [2.45, 2.75) is 187 Å². The van der Waals surface area contributed by atoms with Crippen LogP contribution in [0.2, 0.25) is 0 Å². The first-order valence-corrected chi connectivity index (χ1v) is 17.6. The quantitative estimate of drug-likeness (QED) is 0.0314. The Kier molecular flexibility index (Phi) is 24.4. The highest BCUT2D eigenvalue weighted by Crippen LogP contribution is 2.32. The standard InChI is InChI=1S/C36H63NO4/c1-3-5-7-9-11-13-15-17-18-20-22-24-26-29-33-30-28-31-34(36(33)37(39)40)41-35(38)32-27-25-23-21-19-16-14-12-10-8-6-4-2/h28,30-31H,3-27,29,32H2,1-2H3. The van der Waals surface area contributed by atoms with Crippen LogP contribution >= 0.6 is 0 Å². The number of ether oxygens (including phenoxy) is 1. The summed E-state index contributed by atoms with van der Waals surface area (Å²) in [5, 5.41) is 11.8. The third kappa shape index (κ3) is 20.6. The zero-order chi connectivity index (χ0) is 29.8. The van der Waals surface area contributed by atoms with E-state index in [1.807, 2.05) is 0 Å². The van der Waals surface area contributed by atoms with E-state index in [4.69, 9.17) is 4.74 Å². The number of nitro benzene ring substituents is 1. The summed E-state index contributed by atoms with van der Waals surface area (Å²) in [4.78, 5) is 23.9. The lowest BCUT2D eigenvalue weighted by molar-refractivity contribution is -0.386. The number of carbonyl (C=O) groups is 1. The van der Waals surface area contributed by atoms with Gasteiger partial charge >= 0.3 is 11.7 Å². The minimum Gasteiger partial charge on any atom is -0.419 e. The topological polar surface area (TPSA) is 69.4 Å². The number of esters is 1. The number of carbonyl (C=O) groups excluding carboxylic acids is 1. The monoisotopic (exact) mass is 573 g/mol. The van der Waals surface area contributed by atoms with E-state index in [1.165, 1.54) is 128 Å². The number of aryl methyl sites for hydroxylation is 1. The van der Waals surface area contributed by atoms with Crippen molar-refractivity contribution in [3.63, 3.8) is 0 Å². The second kappa shape index (κ2) is 27.0. The molecule has 0 atom stereocenters. The second-order valence-electron chi connectivity index (χ2n) is 12.1. The van der Waals surface area contributed by atoms with E-state index in [-0.39, 0.29) is 22.3 Å². The zero-order valence-corrected chi connectivity index (χ0v) is 26.9. The minimum absolute atomic E-state index is 0.0329. The summed E-state index contributed by atoms with van der Waals surface area (Å²) in [6.07, 6.45) is 32.4. The van der Waals surface area contributed by atoms with Gasteiger partial charge in [0.1, 0.15) is 0 Å². The Morgan fingerprint density at radius 1 is 0.610 bits per heavy atom. The Labute approximate surface area is 252 Å². The van der Waals surface area contributed by atoms with Crippen LogP contribution in [0.4, 0.5) is 5.69 Å². The highest BCUT2D eigenvalue weighted by Gasteiger charge is 2.22. The highest BCUT2D eigenvalue weighted by molar-refractivity contribution is 5.74. The highest BCUT2D eigenvalue weighted by atomic mass is 16.6. The van der Waals surface area contributed by atoms with Crippen LogP contribution < -0.4 is 4.74 Å². The zero-order valence-electron chi connectivity index (χ0n) is 26.9. The van der Waals surface area contributed by atoms with E-state index >= 15 is 0 Å². The molecule has 1 aromatic rings. The van der Waals surface area contributed by atoms with Gasteiger partial charge in [-0.15, -0.1) is 0 Å². The number of unbranched alkanes of at least 4 members (excludes halogenated alkanes) is 23. The van der Waals surface area contributed by atoms with Crippen molar-refractivity contribution < 1.29 is 14.5 Å². The number of benzene rings is 1. The van der Waals surface area contributed by atoms with Crippen molar-refractivity contribution >= 4 is 11.7 Å². The Morgan fingerprint density at radius 2 is 1.00 bits per heavy atom. The molecular weight excluding hydrogens is 510 g/mol. The minimum atomic E-state index is -0.385. The molecule has 5 nitrogen and oxygen atoms in total. The molecule has 0 N–H and O–H groups in total. The summed E-state index contributed by atoms with van der Waals surface area (Å²) in [5.41, 5.74) is 0.642. The molecule has 0 radical (unpaired) electrons. The second-order valence-corrected chi connectivity index (χ2v) is 12.1. The van der Waals surface area contributed by atoms with Crippen LogP contribution in [0.3, 0.4) is 0 Å². The molecule has 5 heteroatoms. The van der Waals surface area contributed by atoms with Crippen LogP contribution in [-0.2, 0) is 11.2 Å². The number of rotatable bonds is 29. The van der Waals surface area contributed by atoms with E-state index in [1.54, 1.807) is 18.2 Å². The normalized spacial score (nSPS) is 11.2. The molecule has 0 saturated heterocycles. The van der Waals surface area contributed by atoms with Crippen LogP contribution in [0.5, 0.6) is 5.75 Å². The van der Waals surface area contributed by atoms with Crippen molar-refractivity contribution in [1.29, 1.82) is 0 Å². The van der Waals surface area contributed by atoms with Crippen molar-refractivity contribution in [2.75, 3.05) is 0 Å². The molecular formula is C36H63NO4. The first kappa shape index (κ1) is 37.1. The maximum absolute atomic E-state index is 12.4. The third-order valence-corrected chi connectivity index (χ3v) is 8.27. The van der Waals surface area contributed by atoms with Gasteiger partial charge in [-0.05, 0) is 25.3 Å². The van der Waals surface area contributed by atoms with Crippen LogP contribution in [-0.4, -0.2) is 10.9 Å². The van der Waals surface area contributed by atoms with E-state index in [0.717, 1.165) is 32.1 Å². The lowest BCUT2D eigenvalue weighted by atomic mass is 10.0. The Balaban J connectivity index is 2.19. The summed E-state index contributed by atoms with van der Waals surface area (Å²) in [5.74, 6) is -0.260. The summed E-state index contributed by atoms with van der Waals surface area (Å²) in [7, 11) is 0. The van der Waals surface area contributed by atoms with Crippen LogP contribution in [0.1, 0.15) is 186 Å². The SMILES string of the molecule is CCCCCCCCCCCCCCCc1cccc(OC(=O)CCCCCCCCCCCCCC)c1[N+](=O)[O-]. The Hall–Kier alpha value is -1.91. The first-order chi connectivity index (χ1) is 20.1. The lowest BCUT2D eigenvalue weighted by Gasteiger charge is -2.09. The van der Waals surface area contributed by atoms with Crippen molar-refractivity contribution in [1.82, 2.24) is 0 Å². The van der Waals surface area contributed by atoms with Crippen molar-refractivity contribution in [2.24, 2.45) is 0 Å². The van der Waals surface area contributed by atoms with Gasteiger partial charge in [0.05, 0.1) is 4.92 Å². The third-order valence-electron chi connectivity index (χ3n) is 8.27. The molecule has 0 aliphatic carbocycles. The van der Waals surface area contributed by atoms with Gasteiger partial charge in [-0.25, -0.2) is 0 Å². The average molecular weight is 574 g/mol. The van der Waals surface area contributed by atoms with Crippen LogP contribution in [0.15, 0.2) is 18.2 Å². The average Bonchev–Trinajstić information content (AvgIpc) is 2.96. The van der Waals surface area contributed by atoms with Gasteiger partial charge in [-0.3, -0.25) is 14.9 Å². The predicted molar refractivity (Wildman–Crippen MR) is 174 cm³/mol. The number of hydrogen-bond donors (Lipinski definition) is 0.